The van der Waals surface area contributed by atoms with Crippen molar-refractivity contribution in [2.75, 3.05) is 65.7 Å². The number of rotatable bonds is 9. The number of nitrogens with one attached hydrogen (secondary N) is 1. The average molecular weight is 312 g/mol. The van der Waals surface area contributed by atoms with Crippen molar-refractivity contribution >= 4 is 5.91 Å². The third kappa shape index (κ3) is 6.41. The zero-order chi connectivity index (χ0) is 16.2. The Labute approximate surface area is 130 Å². The standard InChI is InChI=1S/C14H24N4O4/c15-11-13(14(21)18(3-7-19)4-8-20)12-16-1-2-17-5-9-22-10-6-17/h12,16,19-20H,1-10H2/b13-12-. The minimum Gasteiger partial charge on any atom is -0.395 e. The van der Waals surface area contributed by atoms with E-state index in [4.69, 9.17) is 20.2 Å². The molecule has 1 amide bonds. The smallest absolute Gasteiger partial charge is 0.266 e. The van der Waals surface area contributed by atoms with E-state index in [1.807, 2.05) is 6.07 Å². The van der Waals surface area contributed by atoms with Crippen LogP contribution in [0.25, 0.3) is 0 Å². The Bertz CT molecular complexity index is 396. The summed E-state index contributed by atoms with van der Waals surface area (Å²) < 4.78 is 5.26. The van der Waals surface area contributed by atoms with E-state index in [1.54, 1.807) is 0 Å². The highest BCUT2D eigenvalue weighted by molar-refractivity contribution is 5.97. The number of morpholine rings is 1. The van der Waals surface area contributed by atoms with E-state index in [1.165, 1.54) is 11.1 Å². The second-order valence-corrected chi connectivity index (χ2v) is 4.82. The summed E-state index contributed by atoms with van der Waals surface area (Å²) in [4.78, 5) is 15.6. The van der Waals surface area contributed by atoms with Gasteiger partial charge in [0, 0.05) is 45.5 Å². The fourth-order valence-electron chi connectivity index (χ4n) is 2.09. The highest BCUT2D eigenvalue weighted by Gasteiger charge is 2.17. The largest absolute Gasteiger partial charge is 0.395 e. The fraction of sp³-hybridized carbons (Fsp3) is 0.714. The van der Waals surface area contributed by atoms with E-state index in [-0.39, 0.29) is 31.9 Å². The number of carbonyl (C=O) groups is 1. The lowest BCUT2D eigenvalue weighted by atomic mass is 10.2. The number of nitriles is 1. The molecule has 1 rings (SSSR count). The van der Waals surface area contributed by atoms with Crippen molar-refractivity contribution in [2.24, 2.45) is 0 Å². The SMILES string of the molecule is N#C/C(=C/NCCN1CCOCC1)C(=O)N(CCO)CCO. The second-order valence-electron chi connectivity index (χ2n) is 4.82. The summed E-state index contributed by atoms with van der Waals surface area (Å²) in [7, 11) is 0. The van der Waals surface area contributed by atoms with Gasteiger partial charge in [-0.05, 0) is 0 Å². The molecular formula is C14H24N4O4. The van der Waals surface area contributed by atoms with Gasteiger partial charge in [-0.3, -0.25) is 9.69 Å². The number of hydrogen-bond donors (Lipinski definition) is 3. The molecule has 3 N–H and O–H groups in total. The molecule has 0 aromatic heterocycles. The fourth-order valence-corrected chi connectivity index (χ4v) is 2.09. The maximum atomic E-state index is 12.1. The van der Waals surface area contributed by atoms with E-state index >= 15 is 0 Å². The molecule has 1 aliphatic rings. The third-order valence-electron chi connectivity index (χ3n) is 3.30. The Kier molecular flexibility index (Phi) is 9.18. The van der Waals surface area contributed by atoms with E-state index in [0.29, 0.717) is 6.54 Å². The van der Waals surface area contributed by atoms with Crippen molar-refractivity contribution in [3.8, 4) is 6.07 Å². The van der Waals surface area contributed by atoms with Gasteiger partial charge in [0.2, 0.25) is 0 Å². The zero-order valence-electron chi connectivity index (χ0n) is 12.7. The lowest BCUT2D eigenvalue weighted by Gasteiger charge is -2.26. The summed E-state index contributed by atoms with van der Waals surface area (Å²) >= 11 is 0. The highest BCUT2D eigenvalue weighted by Crippen LogP contribution is 2.00. The Hall–Kier alpha value is -1.66. The number of ether oxygens (including phenoxy) is 1. The second kappa shape index (κ2) is 11.0. The Balaban J connectivity index is 2.43. The Morgan fingerprint density at radius 3 is 2.50 bits per heavy atom. The predicted octanol–water partition coefficient (Wildman–Crippen LogP) is -1.87. The van der Waals surface area contributed by atoms with Gasteiger partial charge in [-0.2, -0.15) is 5.26 Å². The number of amides is 1. The Morgan fingerprint density at radius 2 is 1.95 bits per heavy atom. The van der Waals surface area contributed by atoms with E-state index in [9.17, 15) is 4.79 Å². The van der Waals surface area contributed by atoms with Gasteiger partial charge < -0.3 is 25.2 Å². The third-order valence-corrected chi connectivity index (χ3v) is 3.30. The van der Waals surface area contributed by atoms with Crippen LogP contribution in [0.4, 0.5) is 0 Å². The molecule has 0 unspecified atom stereocenters. The van der Waals surface area contributed by atoms with Crippen molar-refractivity contribution in [3.63, 3.8) is 0 Å². The molecule has 124 valence electrons. The number of aliphatic hydroxyl groups is 2. The van der Waals surface area contributed by atoms with Crippen LogP contribution in [0, 0.1) is 11.3 Å². The number of nitrogens with zero attached hydrogens (tertiary/aromatic N) is 3. The van der Waals surface area contributed by atoms with Crippen molar-refractivity contribution in [1.29, 1.82) is 5.26 Å². The topological polar surface area (TPSA) is 109 Å². The summed E-state index contributed by atoms with van der Waals surface area (Å²) in [5, 5.41) is 29.9. The van der Waals surface area contributed by atoms with Gasteiger partial charge in [0.1, 0.15) is 11.6 Å². The van der Waals surface area contributed by atoms with Gasteiger partial charge in [-0.25, -0.2) is 0 Å². The molecule has 22 heavy (non-hydrogen) atoms. The first-order chi connectivity index (χ1) is 10.7. The zero-order valence-corrected chi connectivity index (χ0v) is 12.7. The average Bonchev–Trinajstić information content (AvgIpc) is 2.55. The van der Waals surface area contributed by atoms with Crippen molar-refractivity contribution in [2.45, 2.75) is 0 Å². The molecule has 1 aliphatic heterocycles. The van der Waals surface area contributed by atoms with Gasteiger partial charge >= 0.3 is 0 Å². The summed E-state index contributed by atoms with van der Waals surface area (Å²) in [6, 6.07) is 1.85. The van der Waals surface area contributed by atoms with E-state index < -0.39 is 5.91 Å². The molecule has 0 atom stereocenters. The predicted molar refractivity (Wildman–Crippen MR) is 79.7 cm³/mol. The number of hydrogen-bond acceptors (Lipinski definition) is 7. The Morgan fingerprint density at radius 1 is 1.32 bits per heavy atom. The van der Waals surface area contributed by atoms with Gasteiger partial charge in [-0.1, -0.05) is 0 Å². The molecule has 0 radical (unpaired) electrons. The molecular weight excluding hydrogens is 288 g/mol. The van der Waals surface area contributed by atoms with Crippen LogP contribution >= 0.6 is 0 Å². The van der Waals surface area contributed by atoms with Crippen LogP contribution in [-0.2, 0) is 9.53 Å². The molecule has 0 bridgehead atoms. The van der Waals surface area contributed by atoms with E-state index in [0.717, 1.165) is 32.8 Å². The maximum Gasteiger partial charge on any atom is 0.266 e. The molecule has 0 aromatic rings. The molecule has 8 heteroatoms. The molecule has 0 aliphatic carbocycles. The first-order valence-electron chi connectivity index (χ1n) is 7.37. The summed E-state index contributed by atoms with van der Waals surface area (Å²) in [6.07, 6.45) is 1.39. The molecule has 0 spiro atoms. The molecule has 0 aromatic carbocycles. The molecule has 0 saturated carbocycles. The van der Waals surface area contributed by atoms with Crippen LogP contribution < -0.4 is 5.32 Å². The molecule has 8 nitrogen and oxygen atoms in total. The number of aliphatic hydroxyl groups excluding tert-OH is 2. The first kappa shape index (κ1) is 18.4. The quantitative estimate of drug-likeness (QED) is 0.260. The highest BCUT2D eigenvalue weighted by atomic mass is 16.5. The summed E-state index contributed by atoms with van der Waals surface area (Å²) in [6.45, 7) is 4.42. The van der Waals surface area contributed by atoms with Crippen molar-refractivity contribution in [1.82, 2.24) is 15.1 Å². The molecule has 1 saturated heterocycles. The van der Waals surface area contributed by atoms with Crippen molar-refractivity contribution < 1.29 is 19.7 Å². The minimum absolute atomic E-state index is 0.0381. The van der Waals surface area contributed by atoms with Crippen molar-refractivity contribution in [3.05, 3.63) is 11.8 Å². The lowest BCUT2D eigenvalue weighted by Crippen LogP contribution is -2.40. The van der Waals surface area contributed by atoms with Gasteiger partial charge in [0.15, 0.2) is 0 Å². The summed E-state index contributed by atoms with van der Waals surface area (Å²) in [5.74, 6) is -0.496. The van der Waals surface area contributed by atoms with Crippen LogP contribution in [0.3, 0.4) is 0 Å². The number of carbonyl (C=O) groups excluding carboxylic acids is 1. The van der Waals surface area contributed by atoms with Crippen LogP contribution in [0.1, 0.15) is 0 Å². The monoisotopic (exact) mass is 312 g/mol. The van der Waals surface area contributed by atoms with Gasteiger partial charge in [0.05, 0.1) is 26.4 Å². The minimum atomic E-state index is -0.496. The molecule has 1 fully saturated rings. The van der Waals surface area contributed by atoms with Gasteiger partial charge in [-0.15, -0.1) is 0 Å². The normalized spacial score (nSPS) is 16.1. The van der Waals surface area contributed by atoms with Crippen LogP contribution in [0.15, 0.2) is 11.8 Å². The van der Waals surface area contributed by atoms with Crippen LogP contribution in [0.5, 0.6) is 0 Å². The van der Waals surface area contributed by atoms with Gasteiger partial charge in [0.25, 0.3) is 5.91 Å². The first-order valence-corrected chi connectivity index (χ1v) is 7.37. The van der Waals surface area contributed by atoms with E-state index in [2.05, 4.69) is 10.2 Å². The van der Waals surface area contributed by atoms with Crippen LogP contribution in [-0.4, -0.2) is 91.6 Å². The maximum absolute atomic E-state index is 12.1. The lowest BCUT2D eigenvalue weighted by molar-refractivity contribution is -0.127. The summed E-state index contributed by atoms with van der Waals surface area (Å²) in [5.41, 5.74) is -0.0381. The molecule has 1 heterocycles. The van der Waals surface area contributed by atoms with Crippen LogP contribution in [0.2, 0.25) is 0 Å².